The number of imidazole rings is 1. The minimum Gasteiger partial charge on any atom is -0.382 e. The lowest BCUT2D eigenvalue weighted by molar-refractivity contribution is -0.137. The fraction of sp³-hybridized carbons (Fsp3) is 0.471. The lowest BCUT2D eigenvalue weighted by atomic mass is 9.99. The van der Waals surface area contributed by atoms with Crippen LogP contribution in [0.3, 0.4) is 0 Å². The highest BCUT2D eigenvalue weighted by atomic mass is 19.4. The Bertz CT molecular complexity index is 687. The Hall–Kier alpha value is -1.82. The molecule has 6 heteroatoms. The predicted molar refractivity (Wildman–Crippen MR) is 79.8 cm³/mol. The average molecular weight is 324 g/mol. The molecule has 0 bridgehead atoms. The lowest BCUT2D eigenvalue weighted by Gasteiger charge is -2.26. The van der Waals surface area contributed by atoms with E-state index in [1.54, 1.807) is 23.0 Å². The minimum absolute atomic E-state index is 0.334. The Morgan fingerprint density at radius 1 is 1.26 bits per heavy atom. The molecule has 0 radical (unpaired) electrons. The second kappa shape index (κ2) is 5.67. The summed E-state index contributed by atoms with van der Waals surface area (Å²) in [6, 6.07) is 4.97. The predicted octanol–water partition coefficient (Wildman–Crippen LogP) is 4.27. The topological polar surface area (TPSA) is 38.0 Å². The number of aliphatic hydroxyl groups is 1. The van der Waals surface area contributed by atoms with Crippen LogP contribution in [0.1, 0.15) is 55.6 Å². The molecule has 2 aromatic rings. The maximum Gasteiger partial charge on any atom is 0.416 e. The summed E-state index contributed by atoms with van der Waals surface area (Å²) in [5.74, 6) is 0.542. The van der Waals surface area contributed by atoms with E-state index in [4.69, 9.17) is 0 Å². The van der Waals surface area contributed by atoms with Crippen LogP contribution in [0.15, 0.2) is 36.7 Å². The zero-order chi connectivity index (χ0) is 16.7. The van der Waals surface area contributed by atoms with Gasteiger partial charge in [0.1, 0.15) is 11.4 Å². The Labute approximate surface area is 132 Å². The molecular weight excluding hydrogens is 305 g/mol. The van der Waals surface area contributed by atoms with E-state index in [9.17, 15) is 18.3 Å². The second-order valence-corrected chi connectivity index (χ2v) is 6.20. The van der Waals surface area contributed by atoms with Crippen LogP contribution in [-0.4, -0.2) is 14.7 Å². The van der Waals surface area contributed by atoms with Gasteiger partial charge in [0, 0.05) is 12.4 Å². The number of hydrogen-bond donors (Lipinski definition) is 1. The third-order valence-corrected chi connectivity index (χ3v) is 4.63. The van der Waals surface area contributed by atoms with Crippen molar-refractivity contribution in [2.75, 3.05) is 0 Å². The number of nitrogens with zero attached hydrogens (tertiary/aromatic N) is 2. The van der Waals surface area contributed by atoms with Crippen molar-refractivity contribution < 1.29 is 18.3 Å². The first-order chi connectivity index (χ1) is 10.8. The van der Waals surface area contributed by atoms with Crippen LogP contribution in [0, 0.1) is 0 Å². The molecule has 1 N–H and O–H groups in total. The van der Waals surface area contributed by atoms with E-state index in [-0.39, 0.29) is 6.04 Å². The van der Waals surface area contributed by atoms with Crippen molar-refractivity contribution in [3.8, 4) is 0 Å². The van der Waals surface area contributed by atoms with Crippen LogP contribution < -0.4 is 0 Å². The summed E-state index contributed by atoms with van der Waals surface area (Å²) in [5, 5.41) is 10.7. The van der Waals surface area contributed by atoms with E-state index >= 15 is 0 Å². The molecule has 0 aliphatic heterocycles. The Kier molecular flexibility index (Phi) is 3.96. The van der Waals surface area contributed by atoms with Crippen molar-refractivity contribution >= 4 is 0 Å². The van der Waals surface area contributed by atoms with Gasteiger partial charge < -0.3 is 9.67 Å². The normalized spacial score (nSPS) is 19.0. The molecule has 1 unspecified atom stereocenters. The average Bonchev–Trinajstić information content (AvgIpc) is 3.15. The largest absolute Gasteiger partial charge is 0.416 e. The van der Waals surface area contributed by atoms with E-state index in [0.717, 1.165) is 25.0 Å². The molecule has 0 spiro atoms. The van der Waals surface area contributed by atoms with Gasteiger partial charge in [-0.15, -0.1) is 0 Å². The molecule has 1 fully saturated rings. The monoisotopic (exact) mass is 324 g/mol. The Balaban J connectivity index is 1.96. The number of aromatic nitrogens is 2. The van der Waals surface area contributed by atoms with Crippen LogP contribution in [0.25, 0.3) is 0 Å². The fourth-order valence-corrected chi connectivity index (χ4v) is 3.30. The molecule has 1 atom stereocenters. The molecule has 1 aliphatic carbocycles. The summed E-state index contributed by atoms with van der Waals surface area (Å²) >= 11 is 0. The highest BCUT2D eigenvalue weighted by Crippen LogP contribution is 2.39. The van der Waals surface area contributed by atoms with Crippen LogP contribution >= 0.6 is 0 Å². The molecule has 1 heterocycles. The standard InChI is InChI=1S/C17H19F3N2O/c1-12(13-5-4-6-14(11-13)17(18,19)20)22-10-9-21-15(22)16(23)7-2-3-8-16/h4-6,9-12,23H,2-3,7-8H2,1H3. The molecule has 0 amide bonds. The summed E-state index contributed by atoms with van der Waals surface area (Å²) in [5.41, 5.74) is -1.09. The van der Waals surface area contributed by atoms with Crippen LogP contribution in [0.4, 0.5) is 13.2 Å². The third kappa shape index (κ3) is 3.00. The Morgan fingerprint density at radius 3 is 2.61 bits per heavy atom. The molecule has 1 aliphatic rings. The quantitative estimate of drug-likeness (QED) is 0.915. The smallest absolute Gasteiger partial charge is 0.382 e. The van der Waals surface area contributed by atoms with Gasteiger partial charge >= 0.3 is 6.18 Å². The SMILES string of the molecule is CC(c1cccc(C(F)(F)F)c1)n1ccnc1C1(O)CCCC1. The summed E-state index contributed by atoms with van der Waals surface area (Å²) in [6.45, 7) is 1.82. The van der Waals surface area contributed by atoms with E-state index in [1.807, 2.05) is 6.92 Å². The number of benzene rings is 1. The first kappa shape index (κ1) is 16.1. The van der Waals surface area contributed by atoms with E-state index < -0.39 is 17.3 Å². The van der Waals surface area contributed by atoms with Gasteiger partial charge in [0.05, 0.1) is 11.6 Å². The summed E-state index contributed by atoms with van der Waals surface area (Å²) in [4.78, 5) is 4.28. The Morgan fingerprint density at radius 2 is 1.96 bits per heavy atom. The van der Waals surface area contributed by atoms with Gasteiger partial charge in [-0.3, -0.25) is 0 Å². The third-order valence-electron chi connectivity index (χ3n) is 4.63. The fourth-order valence-electron chi connectivity index (χ4n) is 3.30. The van der Waals surface area contributed by atoms with E-state index in [1.165, 1.54) is 6.07 Å². The molecule has 3 nitrogen and oxygen atoms in total. The summed E-state index contributed by atoms with van der Waals surface area (Å²) in [6.07, 6.45) is 2.09. The van der Waals surface area contributed by atoms with Crippen molar-refractivity contribution in [2.45, 2.75) is 50.4 Å². The number of rotatable bonds is 3. The van der Waals surface area contributed by atoms with E-state index in [0.29, 0.717) is 24.2 Å². The van der Waals surface area contributed by atoms with Gasteiger partial charge in [0.2, 0.25) is 0 Å². The highest BCUT2D eigenvalue weighted by molar-refractivity contribution is 5.29. The molecule has 124 valence electrons. The van der Waals surface area contributed by atoms with Gasteiger partial charge in [-0.25, -0.2) is 4.98 Å². The molecule has 3 rings (SSSR count). The second-order valence-electron chi connectivity index (χ2n) is 6.20. The highest BCUT2D eigenvalue weighted by Gasteiger charge is 2.38. The minimum atomic E-state index is -4.36. The van der Waals surface area contributed by atoms with Gasteiger partial charge in [-0.05, 0) is 50.3 Å². The number of hydrogen-bond acceptors (Lipinski definition) is 2. The maximum absolute atomic E-state index is 12.9. The van der Waals surface area contributed by atoms with Crippen molar-refractivity contribution in [3.63, 3.8) is 0 Å². The van der Waals surface area contributed by atoms with Gasteiger partial charge in [-0.1, -0.05) is 12.1 Å². The first-order valence-electron chi connectivity index (χ1n) is 7.74. The summed E-state index contributed by atoms with van der Waals surface area (Å²) in [7, 11) is 0. The molecule has 23 heavy (non-hydrogen) atoms. The molecule has 1 aromatic carbocycles. The van der Waals surface area contributed by atoms with Crippen LogP contribution in [0.2, 0.25) is 0 Å². The van der Waals surface area contributed by atoms with Crippen molar-refractivity contribution in [1.29, 1.82) is 0 Å². The number of alkyl halides is 3. The zero-order valence-electron chi connectivity index (χ0n) is 12.8. The lowest BCUT2D eigenvalue weighted by Crippen LogP contribution is -2.27. The summed E-state index contributed by atoms with van der Waals surface area (Å²) < 4.78 is 40.5. The van der Waals surface area contributed by atoms with Crippen molar-refractivity contribution in [3.05, 3.63) is 53.6 Å². The van der Waals surface area contributed by atoms with Gasteiger partial charge in [0.15, 0.2) is 0 Å². The molecule has 1 aromatic heterocycles. The van der Waals surface area contributed by atoms with Crippen LogP contribution in [0.5, 0.6) is 0 Å². The maximum atomic E-state index is 12.9. The van der Waals surface area contributed by atoms with Crippen molar-refractivity contribution in [2.24, 2.45) is 0 Å². The van der Waals surface area contributed by atoms with Crippen molar-refractivity contribution in [1.82, 2.24) is 9.55 Å². The molecular formula is C17H19F3N2O. The first-order valence-corrected chi connectivity index (χ1v) is 7.74. The number of halogens is 3. The van der Waals surface area contributed by atoms with E-state index in [2.05, 4.69) is 4.98 Å². The molecule has 0 saturated heterocycles. The van der Waals surface area contributed by atoms with Crippen LogP contribution in [-0.2, 0) is 11.8 Å². The van der Waals surface area contributed by atoms with Gasteiger partial charge in [0.25, 0.3) is 0 Å². The zero-order valence-corrected chi connectivity index (χ0v) is 12.8. The molecule has 1 saturated carbocycles. The van der Waals surface area contributed by atoms with Gasteiger partial charge in [-0.2, -0.15) is 13.2 Å².